The van der Waals surface area contributed by atoms with E-state index in [9.17, 15) is 13.2 Å². The minimum atomic E-state index is -3.71. The number of piperidine rings is 1. The van der Waals surface area contributed by atoms with Crippen molar-refractivity contribution in [2.75, 3.05) is 64.6 Å². The fraction of sp³-hybridized carbons (Fsp3) is 0.536. The summed E-state index contributed by atoms with van der Waals surface area (Å²) < 4.78 is 32.4. The number of rotatable bonds is 11. The van der Waals surface area contributed by atoms with Gasteiger partial charge in [0.15, 0.2) is 0 Å². The van der Waals surface area contributed by atoms with E-state index in [1.54, 1.807) is 26.2 Å². The first kappa shape index (κ1) is 28.9. The zero-order valence-electron chi connectivity index (χ0n) is 23.1. The predicted octanol–water partition coefficient (Wildman–Crippen LogP) is 4.13. The average Bonchev–Trinajstić information content (AvgIpc) is 2.86. The summed E-state index contributed by atoms with van der Waals surface area (Å²) in [4.78, 5) is 17.5. The molecule has 1 N–H and O–H groups in total. The Balaban J connectivity index is 1.52. The Bertz CT molecular complexity index is 1170. The van der Waals surface area contributed by atoms with Gasteiger partial charge >= 0.3 is 0 Å². The minimum Gasteiger partial charge on any atom is -0.497 e. The van der Waals surface area contributed by atoms with Crippen molar-refractivity contribution in [2.45, 2.75) is 44.4 Å². The number of sulfonamides is 1. The molecule has 3 rings (SSSR count). The zero-order chi connectivity index (χ0) is 27.2. The highest BCUT2D eigenvalue weighted by molar-refractivity contribution is 7.89. The first-order valence-electron chi connectivity index (χ1n) is 12.9. The van der Waals surface area contributed by atoms with Crippen molar-refractivity contribution in [3.63, 3.8) is 0 Å². The van der Waals surface area contributed by atoms with Crippen molar-refractivity contribution < 1.29 is 17.9 Å². The Morgan fingerprint density at radius 1 is 1.03 bits per heavy atom. The first-order valence-corrected chi connectivity index (χ1v) is 14.4. The van der Waals surface area contributed by atoms with Gasteiger partial charge in [-0.2, -0.15) is 0 Å². The Kier molecular flexibility index (Phi) is 9.98. The summed E-state index contributed by atoms with van der Waals surface area (Å²) in [5, 5.41) is 2.92. The summed E-state index contributed by atoms with van der Waals surface area (Å²) in [6, 6.07) is 10.9. The molecule has 2 aromatic rings. The number of anilines is 2. The molecule has 0 spiro atoms. The fourth-order valence-electron chi connectivity index (χ4n) is 4.80. The van der Waals surface area contributed by atoms with Gasteiger partial charge in [0.05, 0.1) is 12.0 Å². The van der Waals surface area contributed by atoms with Crippen molar-refractivity contribution in [1.82, 2.24) is 9.21 Å². The van der Waals surface area contributed by atoms with Crippen LogP contribution in [0.3, 0.4) is 0 Å². The number of benzene rings is 2. The quantitative estimate of drug-likeness (QED) is 0.471. The lowest BCUT2D eigenvalue weighted by molar-refractivity contribution is -0.116. The molecule has 1 fully saturated rings. The van der Waals surface area contributed by atoms with Crippen LogP contribution >= 0.6 is 0 Å². The maximum atomic E-state index is 13.0. The third-order valence-electron chi connectivity index (χ3n) is 7.14. The molecule has 1 amide bonds. The second-order valence-corrected chi connectivity index (χ2v) is 12.3. The van der Waals surface area contributed by atoms with E-state index in [1.165, 1.54) is 42.4 Å². The van der Waals surface area contributed by atoms with E-state index in [0.29, 0.717) is 11.3 Å². The number of nitrogens with zero attached hydrogens (tertiary/aromatic N) is 3. The molecule has 9 heteroatoms. The van der Waals surface area contributed by atoms with E-state index >= 15 is 0 Å². The molecule has 37 heavy (non-hydrogen) atoms. The van der Waals surface area contributed by atoms with E-state index in [4.69, 9.17) is 4.74 Å². The Morgan fingerprint density at radius 2 is 1.73 bits per heavy atom. The molecule has 0 aromatic heterocycles. The van der Waals surface area contributed by atoms with Crippen LogP contribution in [0.5, 0.6) is 5.75 Å². The van der Waals surface area contributed by atoms with Crippen LogP contribution in [-0.2, 0) is 14.8 Å². The number of carbonyl (C=O) groups excluding carboxylic acids is 1. The van der Waals surface area contributed by atoms with Gasteiger partial charge in [-0.1, -0.05) is 0 Å². The Hall–Kier alpha value is -2.62. The molecular formula is C28H42N4O4S. The number of ether oxygens (including phenoxy) is 1. The van der Waals surface area contributed by atoms with Crippen molar-refractivity contribution in [2.24, 2.45) is 5.92 Å². The van der Waals surface area contributed by atoms with Crippen molar-refractivity contribution in [3.8, 4) is 5.75 Å². The normalized spacial score (nSPS) is 14.9. The molecule has 2 aromatic carbocycles. The SMILES string of the molecule is COc1ccc(S(=O)(=O)N(C)CCC(=O)Nc2ccc(N3CCC(CCN(C)C)CC3)c(C)c2)c(C)c1. The van der Waals surface area contributed by atoms with E-state index in [2.05, 4.69) is 42.2 Å². The molecular weight excluding hydrogens is 488 g/mol. The standard InChI is InChI=1S/C28H42N4O4S/c1-21-19-24(7-9-26(21)32-17-12-23(13-18-32)11-15-30(3)4)29-28(33)14-16-31(5)37(34,35)27-10-8-25(36-6)20-22(27)2/h7-10,19-20,23H,11-18H2,1-6H3,(H,29,33). The van der Waals surface area contributed by atoms with E-state index in [-0.39, 0.29) is 23.8 Å². The highest BCUT2D eigenvalue weighted by Crippen LogP contribution is 2.29. The molecule has 0 atom stereocenters. The third kappa shape index (κ3) is 7.69. The first-order chi connectivity index (χ1) is 17.5. The van der Waals surface area contributed by atoms with Gasteiger partial charge in [0, 0.05) is 44.5 Å². The number of carbonyl (C=O) groups is 1. The predicted molar refractivity (Wildman–Crippen MR) is 150 cm³/mol. The zero-order valence-corrected chi connectivity index (χ0v) is 23.9. The van der Waals surface area contributed by atoms with E-state index < -0.39 is 10.0 Å². The molecule has 8 nitrogen and oxygen atoms in total. The highest BCUT2D eigenvalue weighted by atomic mass is 32.2. The molecule has 0 bridgehead atoms. The molecule has 0 radical (unpaired) electrons. The summed E-state index contributed by atoms with van der Waals surface area (Å²) in [6.07, 6.45) is 3.73. The largest absolute Gasteiger partial charge is 0.497 e. The lowest BCUT2D eigenvalue weighted by Crippen LogP contribution is -2.35. The van der Waals surface area contributed by atoms with Crippen LogP contribution in [0.15, 0.2) is 41.3 Å². The van der Waals surface area contributed by atoms with Gasteiger partial charge in [-0.3, -0.25) is 4.79 Å². The monoisotopic (exact) mass is 530 g/mol. The van der Waals surface area contributed by atoms with Crippen LogP contribution in [0.2, 0.25) is 0 Å². The van der Waals surface area contributed by atoms with Crippen molar-refractivity contribution in [1.29, 1.82) is 0 Å². The van der Waals surface area contributed by atoms with E-state index in [1.807, 2.05) is 12.1 Å². The summed E-state index contributed by atoms with van der Waals surface area (Å²) in [5.74, 6) is 1.17. The minimum absolute atomic E-state index is 0.0617. The molecule has 1 aliphatic heterocycles. The maximum absolute atomic E-state index is 13.0. The second kappa shape index (κ2) is 12.8. The molecule has 0 unspecified atom stereocenters. The smallest absolute Gasteiger partial charge is 0.243 e. The summed E-state index contributed by atoms with van der Waals surface area (Å²) in [6.45, 7) is 7.13. The molecule has 1 heterocycles. The molecule has 0 aliphatic carbocycles. The topological polar surface area (TPSA) is 82.2 Å². The van der Waals surface area contributed by atoms with Crippen LogP contribution in [0.1, 0.15) is 36.8 Å². The third-order valence-corrected chi connectivity index (χ3v) is 9.16. The maximum Gasteiger partial charge on any atom is 0.243 e. The summed E-state index contributed by atoms with van der Waals surface area (Å²) in [5.41, 5.74) is 3.66. The molecule has 204 valence electrons. The Labute approximate surface area is 222 Å². The molecule has 1 saturated heterocycles. The van der Waals surface area contributed by atoms with Crippen molar-refractivity contribution >= 4 is 27.3 Å². The number of methoxy groups -OCH3 is 1. The van der Waals surface area contributed by atoms with Gasteiger partial charge in [0.2, 0.25) is 15.9 Å². The fourth-order valence-corrected chi connectivity index (χ4v) is 6.17. The Morgan fingerprint density at radius 3 is 2.32 bits per heavy atom. The number of hydrogen-bond donors (Lipinski definition) is 1. The highest BCUT2D eigenvalue weighted by Gasteiger charge is 2.24. The summed E-state index contributed by atoms with van der Waals surface area (Å²) >= 11 is 0. The van der Waals surface area contributed by atoms with Gasteiger partial charge in [-0.15, -0.1) is 0 Å². The van der Waals surface area contributed by atoms with Crippen LogP contribution in [0.25, 0.3) is 0 Å². The number of nitrogens with one attached hydrogen (secondary N) is 1. The average molecular weight is 531 g/mol. The lowest BCUT2D eigenvalue weighted by Gasteiger charge is -2.35. The van der Waals surface area contributed by atoms with Crippen LogP contribution in [0, 0.1) is 19.8 Å². The van der Waals surface area contributed by atoms with Gasteiger partial charge in [-0.05, 0) is 107 Å². The van der Waals surface area contributed by atoms with Gasteiger partial charge in [0.25, 0.3) is 0 Å². The molecule has 0 saturated carbocycles. The number of amides is 1. The van der Waals surface area contributed by atoms with Crippen LogP contribution in [0.4, 0.5) is 11.4 Å². The number of hydrogen-bond acceptors (Lipinski definition) is 6. The second-order valence-electron chi connectivity index (χ2n) is 10.3. The van der Waals surface area contributed by atoms with E-state index in [0.717, 1.165) is 36.8 Å². The molecule has 1 aliphatic rings. The van der Waals surface area contributed by atoms with Gasteiger partial charge in [-0.25, -0.2) is 12.7 Å². The van der Waals surface area contributed by atoms with Crippen LogP contribution in [-0.4, -0.2) is 78.0 Å². The summed E-state index contributed by atoms with van der Waals surface area (Å²) in [7, 11) is 3.58. The van der Waals surface area contributed by atoms with Gasteiger partial charge in [0.1, 0.15) is 5.75 Å². The number of aryl methyl sites for hydroxylation is 2. The van der Waals surface area contributed by atoms with Crippen LogP contribution < -0.4 is 15.0 Å². The van der Waals surface area contributed by atoms with Crippen molar-refractivity contribution in [3.05, 3.63) is 47.5 Å². The van der Waals surface area contributed by atoms with Gasteiger partial charge < -0.3 is 19.9 Å². The lowest BCUT2D eigenvalue weighted by atomic mass is 9.92.